The Morgan fingerprint density at radius 3 is 2.69 bits per heavy atom. The monoisotopic (exact) mass is 374 g/mol. The third kappa shape index (κ3) is 3.72. The van der Waals surface area contributed by atoms with Gasteiger partial charge in [0.15, 0.2) is 12.2 Å². The maximum absolute atomic E-state index is 12.8. The first-order chi connectivity index (χ1) is 12.3. The highest BCUT2D eigenvalue weighted by Gasteiger charge is 2.31. The summed E-state index contributed by atoms with van der Waals surface area (Å²) in [5.74, 6) is -0.611. The number of alkyl halides is 5. The fourth-order valence-corrected chi connectivity index (χ4v) is 2.30. The standard InChI is InChI=1S/C15H11F5N4O2/c16-14(17)13-11(21-7-26-13)6-24-5-10(22-23-24)12(25)8-2-1-3-9(4-8)15(18,19)20/h1-5,7,12,14,25H,6H2. The van der Waals surface area contributed by atoms with Crippen LogP contribution >= 0.6 is 0 Å². The van der Waals surface area contributed by atoms with Gasteiger partial charge in [0.2, 0.25) is 0 Å². The molecule has 0 saturated carbocycles. The predicted octanol–water partition coefficient (Wildman–Crippen LogP) is 3.35. The van der Waals surface area contributed by atoms with Crippen molar-refractivity contribution in [2.45, 2.75) is 25.3 Å². The summed E-state index contributed by atoms with van der Waals surface area (Å²) >= 11 is 0. The van der Waals surface area contributed by atoms with E-state index in [0.29, 0.717) is 0 Å². The van der Waals surface area contributed by atoms with Gasteiger partial charge in [-0.1, -0.05) is 17.3 Å². The zero-order valence-electron chi connectivity index (χ0n) is 12.9. The number of rotatable bonds is 5. The Balaban J connectivity index is 1.80. The number of benzene rings is 1. The predicted molar refractivity (Wildman–Crippen MR) is 76.1 cm³/mol. The zero-order chi connectivity index (χ0) is 18.9. The van der Waals surface area contributed by atoms with Crippen LogP contribution in [0.25, 0.3) is 0 Å². The Morgan fingerprint density at radius 2 is 2.00 bits per heavy atom. The minimum absolute atomic E-state index is 0.0263. The number of nitrogens with zero attached hydrogens (tertiary/aromatic N) is 4. The fourth-order valence-electron chi connectivity index (χ4n) is 2.30. The summed E-state index contributed by atoms with van der Waals surface area (Å²) in [6, 6.07) is 4.15. The molecule has 11 heteroatoms. The van der Waals surface area contributed by atoms with Crippen LogP contribution in [-0.2, 0) is 12.7 Å². The van der Waals surface area contributed by atoms with E-state index in [4.69, 9.17) is 0 Å². The maximum Gasteiger partial charge on any atom is 0.416 e. The molecule has 0 fully saturated rings. The molecular formula is C15H11F5N4O2. The number of hydrogen-bond acceptors (Lipinski definition) is 5. The first-order valence-corrected chi connectivity index (χ1v) is 7.21. The third-order valence-corrected chi connectivity index (χ3v) is 3.55. The van der Waals surface area contributed by atoms with Crippen molar-refractivity contribution in [1.29, 1.82) is 0 Å². The molecule has 2 heterocycles. The van der Waals surface area contributed by atoms with Crippen molar-refractivity contribution in [3.05, 3.63) is 65.1 Å². The topological polar surface area (TPSA) is 77.0 Å². The number of aliphatic hydroxyl groups excluding tert-OH is 1. The average molecular weight is 374 g/mol. The van der Waals surface area contributed by atoms with Gasteiger partial charge >= 0.3 is 6.18 Å². The lowest BCUT2D eigenvalue weighted by atomic mass is 10.0. The molecule has 6 nitrogen and oxygen atoms in total. The van der Waals surface area contributed by atoms with Crippen molar-refractivity contribution in [2.24, 2.45) is 0 Å². The van der Waals surface area contributed by atoms with Gasteiger partial charge in [0.1, 0.15) is 17.5 Å². The number of aromatic nitrogens is 4. The zero-order valence-corrected chi connectivity index (χ0v) is 12.9. The van der Waals surface area contributed by atoms with Gasteiger partial charge in [-0.15, -0.1) is 5.10 Å². The van der Waals surface area contributed by atoms with Crippen LogP contribution in [0.5, 0.6) is 0 Å². The van der Waals surface area contributed by atoms with Crippen LogP contribution in [0.2, 0.25) is 0 Å². The number of oxazole rings is 1. The second kappa shape index (κ2) is 6.83. The SMILES string of the molecule is OC(c1cccc(C(F)(F)F)c1)c1cn(Cc2ncoc2C(F)F)nn1. The molecule has 0 radical (unpaired) electrons. The molecule has 0 aliphatic heterocycles. The van der Waals surface area contributed by atoms with Crippen LogP contribution in [0, 0.1) is 0 Å². The first-order valence-electron chi connectivity index (χ1n) is 7.21. The van der Waals surface area contributed by atoms with Gasteiger partial charge in [-0.05, 0) is 17.7 Å². The van der Waals surface area contributed by atoms with E-state index in [1.165, 1.54) is 12.3 Å². The molecular weight excluding hydrogens is 363 g/mol. The molecule has 3 rings (SSSR count). The molecule has 26 heavy (non-hydrogen) atoms. The van der Waals surface area contributed by atoms with Crippen LogP contribution in [0.1, 0.15) is 40.8 Å². The molecule has 0 bridgehead atoms. The van der Waals surface area contributed by atoms with Crippen molar-refractivity contribution >= 4 is 0 Å². The van der Waals surface area contributed by atoms with E-state index in [-0.39, 0.29) is 23.5 Å². The summed E-state index contributed by atoms with van der Waals surface area (Å²) in [5, 5.41) is 17.6. The number of hydrogen-bond donors (Lipinski definition) is 1. The molecule has 3 aromatic rings. The Morgan fingerprint density at radius 1 is 1.23 bits per heavy atom. The van der Waals surface area contributed by atoms with Gasteiger partial charge in [-0.3, -0.25) is 0 Å². The van der Waals surface area contributed by atoms with Gasteiger partial charge in [0.25, 0.3) is 6.43 Å². The molecule has 1 N–H and O–H groups in total. The minimum Gasteiger partial charge on any atom is -0.442 e. The molecule has 2 aromatic heterocycles. The largest absolute Gasteiger partial charge is 0.442 e. The van der Waals surface area contributed by atoms with Crippen LogP contribution in [-0.4, -0.2) is 25.1 Å². The van der Waals surface area contributed by atoms with Crippen LogP contribution in [0.4, 0.5) is 22.0 Å². The molecule has 0 amide bonds. The lowest BCUT2D eigenvalue weighted by Gasteiger charge is -2.11. The summed E-state index contributed by atoms with van der Waals surface area (Å²) in [6.07, 6.45) is -6.77. The van der Waals surface area contributed by atoms with Gasteiger partial charge in [0, 0.05) is 0 Å². The normalized spacial score (nSPS) is 13.3. The smallest absolute Gasteiger partial charge is 0.416 e. The maximum atomic E-state index is 12.8. The Kier molecular flexibility index (Phi) is 4.72. The number of halogens is 5. The Labute approximate surface area is 142 Å². The lowest BCUT2D eigenvalue weighted by molar-refractivity contribution is -0.137. The highest BCUT2D eigenvalue weighted by Crippen LogP contribution is 2.31. The van der Waals surface area contributed by atoms with E-state index >= 15 is 0 Å². The highest BCUT2D eigenvalue weighted by molar-refractivity contribution is 5.30. The Bertz CT molecular complexity index is 890. The van der Waals surface area contributed by atoms with E-state index in [0.717, 1.165) is 29.3 Å². The van der Waals surface area contributed by atoms with Gasteiger partial charge < -0.3 is 9.52 Å². The van der Waals surface area contributed by atoms with E-state index in [1.807, 2.05) is 0 Å². The van der Waals surface area contributed by atoms with Gasteiger partial charge in [0.05, 0.1) is 18.3 Å². The second-order valence-electron chi connectivity index (χ2n) is 5.33. The quantitative estimate of drug-likeness (QED) is 0.693. The summed E-state index contributed by atoms with van der Waals surface area (Å²) in [4.78, 5) is 3.66. The van der Waals surface area contributed by atoms with Crippen LogP contribution < -0.4 is 0 Å². The molecule has 0 aliphatic rings. The summed E-state index contributed by atoms with van der Waals surface area (Å²) in [6.45, 7) is -0.196. The summed E-state index contributed by atoms with van der Waals surface area (Å²) in [5.41, 5.74) is -1.04. The highest BCUT2D eigenvalue weighted by atomic mass is 19.4. The molecule has 1 aromatic carbocycles. The van der Waals surface area contributed by atoms with E-state index in [1.54, 1.807) is 0 Å². The van der Waals surface area contributed by atoms with E-state index < -0.39 is 30.0 Å². The van der Waals surface area contributed by atoms with E-state index in [2.05, 4.69) is 19.7 Å². The van der Waals surface area contributed by atoms with Gasteiger partial charge in [-0.2, -0.15) is 13.2 Å². The van der Waals surface area contributed by atoms with Crippen molar-refractivity contribution in [1.82, 2.24) is 20.0 Å². The minimum atomic E-state index is -4.55. The van der Waals surface area contributed by atoms with E-state index in [9.17, 15) is 27.1 Å². The molecule has 0 spiro atoms. The van der Waals surface area contributed by atoms with Crippen LogP contribution in [0.3, 0.4) is 0 Å². The molecule has 0 aliphatic carbocycles. The summed E-state index contributed by atoms with van der Waals surface area (Å²) in [7, 11) is 0. The lowest BCUT2D eigenvalue weighted by Crippen LogP contribution is -2.07. The molecule has 1 unspecified atom stereocenters. The Hall–Kier alpha value is -2.82. The second-order valence-corrected chi connectivity index (χ2v) is 5.33. The van der Waals surface area contributed by atoms with Crippen molar-refractivity contribution in [3.8, 4) is 0 Å². The summed E-state index contributed by atoms with van der Waals surface area (Å²) < 4.78 is 69.5. The van der Waals surface area contributed by atoms with Crippen molar-refractivity contribution in [3.63, 3.8) is 0 Å². The number of aliphatic hydroxyl groups is 1. The third-order valence-electron chi connectivity index (χ3n) is 3.55. The molecule has 1 atom stereocenters. The molecule has 0 saturated heterocycles. The first kappa shape index (κ1) is 18.0. The average Bonchev–Trinajstić information content (AvgIpc) is 3.23. The fraction of sp³-hybridized carbons (Fsp3) is 0.267. The van der Waals surface area contributed by atoms with Crippen molar-refractivity contribution < 1.29 is 31.5 Å². The van der Waals surface area contributed by atoms with Gasteiger partial charge in [-0.25, -0.2) is 18.4 Å². The van der Waals surface area contributed by atoms with Crippen molar-refractivity contribution in [2.75, 3.05) is 0 Å². The molecule has 138 valence electrons. The van der Waals surface area contributed by atoms with Crippen LogP contribution in [0.15, 0.2) is 41.3 Å².